The zero-order valence-electron chi connectivity index (χ0n) is 14.2. The second-order valence-electron chi connectivity index (χ2n) is 7.50. The fraction of sp³-hybridized carbons (Fsp3) is 0.824. The third-order valence-electron chi connectivity index (χ3n) is 5.69. The van der Waals surface area contributed by atoms with Gasteiger partial charge in [-0.1, -0.05) is 0 Å². The maximum Gasteiger partial charge on any atom is 0.185 e. The van der Waals surface area contributed by atoms with Gasteiger partial charge in [-0.15, -0.1) is 11.3 Å². The molecule has 0 radical (unpaired) electrons. The van der Waals surface area contributed by atoms with Crippen molar-refractivity contribution >= 4 is 16.5 Å². The lowest BCUT2D eigenvalue weighted by molar-refractivity contribution is 0.100. The number of rotatable bonds is 4. The van der Waals surface area contributed by atoms with Gasteiger partial charge >= 0.3 is 0 Å². The number of nitrogens with zero attached hydrogens (tertiary/aromatic N) is 4. The molecule has 0 amide bonds. The molecule has 3 aliphatic rings. The fourth-order valence-electron chi connectivity index (χ4n) is 4.75. The minimum atomic E-state index is 0.603. The maximum atomic E-state index is 5.61. The van der Waals surface area contributed by atoms with E-state index in [9.17, 15) is 0 Å². The number of fused-ring (bicyclic) bond motifs is 1. The van der Waals surface area contributed by atoms with Gasteiger partial charge in [0.15, 0.2) is 5.13 Å². The Kier molecular flexibility index (Phi) is 4.58. The van der Waals surface area contributed by atoms with Crippen LogP contribution in [0.5, 0.6) is 0 Å². The van der Waals surface area contributed by atoms with Crippen LogP contribution < -0.4 is 4.90 Å². The third kappa shape index (κ3) is 3.14. The molecule has 1 aromatic rings. The van der Waals surface area contributed by atoms with Gasteiger partial charge in [-0.25, -0.2) is 4.98 Å². The number of likely N-dealkylation sites (tertiary alicyclic amines) is 1. The molecule has 6 heteroatoms. The van der Waals surface area contributed by atoms with Gasteiger partial charge in [0, 0.05) is 55.9 Å². The molecule has 128 valence electrons. The van der Waals surface area contributed by atoms with Crippen LogP contribution in [0.25, 0.3) is 0 Å². The standard InChI is InChI=1S/C17H28N4OS/c1-19(2)11-15-9-13-10-20(14-4-7-22-12-14)6-3-16(13)21(15)17-18-5-8-23-17/h5,8,13-16H,3-4,6-7,9-12H2,1-2H3/t13-,14+,15+,16+/m1/s1. The number of hydrogen-bond donors (Lipinski definition) is 0. The average Bonchev–Trinajstić information content (AvgIpc) is 3.26. The second kappa shape index (κ2) is 6.67. The maximum absolute atomic E-state index is 5.61. The van der Waals surface area contributed by atoms with Crippen molar-refractivity contribution in [3.8, 4) is 0 Å². The predicted molar refractivity (Wildman–Crippen MR) is 94.2 cm³/mol. The van der Waals surface area contributed by atoms with Gasteiger partial charge in [0.25, 0.3) is 0 Å². The van der Waals surface area contributed by atoms with Crippen molar-refractivity contribution in [1.29, 1.82) is 0 Å². The molecule has 0 spiro atoms. The summed E-state index contributed by atoms with van der Waals surface area (Å²) >= 11 is 1.80. The number of hydrogen-bond acceptors (Lipinski definition) is 6. The molecule has 0 unspecified atom stereocenters. The highest BCUT2D eigenvalue weighted by Crippen LogP contribution is 2.40. The van der Waals surface area contributed by atoms with Gasteiger partial charge in [0.1, 0.15) is 0 Å². The van der Waals surface area contributed by atoms with Crippen LogP contribution in [0.15, 0.2) is 11.6 Å². The molecular formula is C17H28N4OS. The van der Waals surface area contributed by atoms with E-state index in [1.165, 1.54) is 37.5 Å². The lowest BCUT2D eigenvalue weighted by Crippen LogP contribution is -2.50. The Bertz CT molecular complexity index is 503. The summed E-state index contributed by atoms with van der Waals surface area (Å²) < 4.78 is 5.61. The highest BCUT2D eigenvalue weighted by atomic mass is 32.1. The molecule has 5 nitrogen and oxygen atoms in total. The van der Waals surface area contributed by atoms with Crippen LogP contribution >= 0.6 is 11.3 Å². The van der Waals surface area contributed by atoms with E-state index >= 15 is 0 Å². The largest absolute Gasteiger partial charge is 0.380 e. The number of anilines is 1. The lowest BCUT2D eigenvalue weighted by atomic mass is 9.91. The van der Waals surface area contributed by atoms with Crippen molar-refractivity contribution in [3.05, 3.63) is 11.6 Å². The molecule has 4 heterocycles. The van der Waals surface area contributed by atoms with Crippen molar-refractivity contribution in [2.24, 2.45) is 5.92 Å². The number of aromatic nitrogens is 1. The molecule has 23 heavy (non-hydrogen) atoms. The number of likely N-dealkylation sites (N-methyl/N-ethyl adjacent to an activating group) is 1. The first-order valence-corrected chi connectivity index (χ1v) is 9.74. The van der Waals surface area contributed by atoms with Gasteiger partial charge in [-0.05, 0) is 39.3 Å². The molecule has 0 saturated carbocycles. The van der Waals surface area contributed by atoms with Crippen LogP contribution in [0, 0.1) is 5.92 Å². The van der Waals surface area contributed by atoms with E-state index in [0.29, 0.717) is 18.1 Å². The second-order valence-corrected chi connectivity index (χ2v) is 8.38. The molecule has 0 N–H and O–H groups in total. The van der Waals surface area contributed by atoms with E-state index in [1.807, 2.05) is 6.20 Å². The summed E-state index contributed by atoms with van der Waals surface area (Å²) in [5, 5.41) is 3.34. The highest BCUT2D eigenvalue weighted by Gasteiger charge is 2.45. The number of ether oxygens (including phenoxy) is 1. The van der Waals surface area contributed by atoms with Crippen LogP contribution in [0.1, 0.15) is 19.3 Å². The SMILES string of the molecule is CN(C)C[C@@H]1C[C@@H]2CN([C@H]3CCOC3)CC[C@@H]2N1c1nccs1. The van der Waals surface area contributed by atoms with Gasteiger partial charge < -0.3 is 14.5 Å². The summed E-state index contributed by atoms with van der Waals surface area (Å²) in [7, 11) is 4.37. The quantitative estimate of drug-likeness (QED) is 0.836. The van der Waals surface area contributed by atoms with Crippen LogP contribution in [-0.4, -0.2) is 79.9 Å². The predicted octanol–water partition coefficient (Wildman–Crippen LogP) is 1.76. The Balaban J connectivity index is 1.50. The van der Waals surface area contributed by atoms with Crippen LogP contribution in [-0.2, 0) is 4.74 Å². The summed E-state index contributed by atoms with van der Waals surface area (Å²) in [6.45, 7) is 5.47. The first-order valence-electron chi connectivity index (χ1n) is 8.86. The fourth-order valence-corrected chi connectivity index (χ4v) is 5.52. The molecular weight excluding hydrogens is 308 g/mol. The van der Waals surface area contributed by atoms with Crippen LogP contribution in [0.4, 0.5) is 5.13 Å². The van der Waals surface area contributed by atoms with E-state index in [2.05, 4.69) is 39.2 Å². The summed E-state index contributed by atoms with van der Waals surface area (Å²) in [6.07, 6.45) is 5.73. The molecule has 0 bridgehead atoms. The van der Waals surface area contributed by atoms with Gasteiger partial charge in [0.05, 0.1) is 6.61 Å². The molecule has 4 rings (SSSR count). The van der Waals surface area contributed by atoms with Gasteiger partial charge in [0.2, 0.25) is 0 Å². The molecule has 3 fully saturated rings. The van der Waals surface area contributed by atoms with E-state index in [4.69, 9.17) is 4.74 Å². The van der Waals surface area contributed by atoms with E-state index in [-0.39, 0.29) is 0 Å². The smallest absolute Gasteiger partial charge is 0.185 e. The van der Waals surface area contributed by atoms with E-state index in [1.54, 1.807) is 11.3 Å². The first-order chi connectivity index (χ1) is 11.2. The van der Waals surface area contributed by atoms with E-state index in [0.717, 1.165) is 25.7 Å². The van der Waals surface area contributed by atoms with Gasteiger partial charge in [-0.3, -0.25) is 4.90 Å². The van der Waals surface area contributed by atoms with Crippen molar-refractivity contribution in [2.45, 2.75) is 37.4 Å². The molecule has 0 aliphatic carbocycles. The number of thiazole rings is 1. The Morgan fingerprint density at radius 3 is 3.00 bits per heavy atom. The van der Waals surface area contributed by atoms with Crippen LogP contribution in [0.2, 0.25) is 0 Å². The molecule has 3 saturated heterocycles. The van der Waals surface area contributed by atoms with E-state index < -0.39 is 0 Å². The Hall–Kier alpha value is -0.690. The minimum Gasteiger partial charge on any atom is -0.380 e. The molecule has 1 aromatic heterocycles. The first kappa shape index (κ1) is 15.8. The monoisotopic (exact) mass is 336 g/mol. The summed E-state index contributed by atoms with van der Waals surface area (Å²) in [4.78, 5) is 12.3. The summed E-state index contributed by atoms with van der Waals surface area (Å²) in [5.41, 5.74) is 0. The minimum absolute atomic E-state index is 0.603. The molecule has 0 aromatic carbocycles. The zero-order valence-corrected chi connectivity index (χ0v) is 15.0. The Morgan fingerprint density at radius 1 is 1.39 bits per heavy atom. The highest BCUT2D eigenvalue weighted by molar-refractivity contribution is 7.13. The van der Waals surface area contributed by atoms with Crippen molar-refractivity contribution in [3.63, 3.8) is 0 Å². The van der Waals surface area contributed by atoms with Crippen molar-refractivity contribution in [1.82, 2.24) is 14.8 Å². The topological polar surface area (TPSA) is 31.8 Å². The van der Waals surface area contributed by atoms with Crippen LogP contribution in [0.3, 0.4) is 0 Å². The number of piperidine rings is 1. The lowest BCUT2D eigenvalue weighted by Gasteiger charge is -2.40. The third-order valence-corrected chi connectivity index (χ3v) is 6.47. The van der Waals surface area contributed by atoms with Gasteiger partial charge in [-0.2, -0.15) is 0 Å². The summed E-state index contributed by atoms with van der Waals surface area (Å²) in [6, 6.07) is 1.94. The Labute approximate surface area is 143 Å². The summed E-state index contributed by atoms with van der Waals surface area (Å²) in [5.74, 6) is 0.776. The van der Waals surface area contributed by atoms with Crippen molar-refractivity contribution < 1.29 is 4.74 Å². The Morgan fingerprint density at radius 2 is 2.30 bits per heavy atom. The normalized spacial score (nSPS) is 35.2. The average molecular weight is 337 g/mol. The molecule has 4 atom stereocenters. The van der Waals surface area contributed by atoms with Crippen molar-refractivity contribution in [2.75, 3.05) is 51.8 Å². The molecule has 3 aliphatic heterocycles. The zero-order chi connectivity index (χ0) is 15.8.